The van der Waals surface area contributed by atoms with Gasteiger partial charge in [-0.1, -0.05) is 0 Å². The summed E-state index contributed by atoms with van der Waals surface area (Å²) in [5.41, 5.74) is 6.85. The van der Waals surface area contributed by atoms with Crippen molar-refractivity contribution in [2.45, 2.75) is 37.4 Å². The molecule has 0 aliphatic carbocycles. The molecule has 1 aromatic rings. The first kappa shape index (κ1) is 17.4. The van der Waals surface area contributed by atoms with Crippen LogP contribution in [0, 0.1) is 0 Å². The van der Waals surface area contributed by atoms with E-state index in [-0.39, 0.29) is 23.4 Å². The van der Waals surface area contributed by atoms with Gasteiger partial charge in [-0.3, -0.25) is 24.9 Å². The SMILES string of the molecule is CC1CC(C(=O)N2CCC3(C2)CN(c2cccnc2)C(=O)CN3C)NN1. The number of pyridine rings is 1. The quantitative estimate of drug-likeness (QED) is 0.748. The van der Waals surface area contributed by atoms with E-state index >= 15 is 0 Å². The predicted molar refractivity (Wildman–Crippen MR) is 97.3 cm³/mol. The number of hydrogen-bond donors (Lipinski definition) is 2. The van der Waals surface area contributed by atoms with Gasteiger partial charge in [0.2, 0.25) is 11.8 Å². The van der Waals surface area contributed by atoms with Gasteiger partial charge >= 0.3 is 0 Å². The summed E-state index contributed by atoms with van der Waals surface area (Å²) in [5.74, 6) is 0.225. The van der Waals surface area contributed by atoms with Crippen molar-refractivity contribution < 1.29 is 9.59 Å². The van der Waals surface area contributed by atoms with Crippen LogP contribution in [0.1, 0.15) is 19.8 Å². The Balaban J connectivity index is 1.50. The van der Waals surface area contributed by atoms with E-state index in [1.54, 1.807) is 12.4 Å². The van der Waals surface area contributed by atoms with E-state index < -0.39 is 0 Å². The van der Waals surface area contributed by atoms with Crippen LogP contribution in [0.4, 0.5) is 5.69 Å². The van der Waals surface area contributed by atoms with E-state index in [1.807, 2.05) is 29.0 Å². The van der Waals surface area contributed by atoms with Crippen LogP contribution in [0.5, 0.6) is 0 Å². The molecule has 8 heteroatoms. The van der Waals surface area contributed by atoms with Gasteiger partial charge in [-0.25, -0.2) is 5.43 Å². The summed E-state index contributed by atoms with van der Waals surface area (Å²) in [5, 5.41) is 0. The third-order valence-corrected chi connectivity index (χ3v) is 5.93. The molecule has 0 bridgehead atoms. The number of anilines is 1. The molecule has 0 radical (unpaired) electrons. The molecule has 3 aliphatic rings. The molecule has 0 aromatic carbocycles. The highest BCUT2D eigenvalue weighted by atomic mass is 16.2. The molecule has 4 heterocycles. The smallest absolute Gasteiger partial charge is 0.241 e. The fourth-order valence-electron chi connectivity index (χ4n) is 4.29. The minimum absolute atomic E-state index is 0.0754. The molecule has 26 heavy (non-hydrogen) atoms. The standard InChI is InChI=1S/C18H26N6O2/c1-13-8-15(21-20-13)17(26)23-7-5-18(11-23)12-24(16(25)10-22(18)2)14-4-3-6-19-9-14/h3-4,6,9,13,15,20-21H,5,7-8,10-12H2,1-2H3. The number of hydrazine groups is 1. The lowest BCUT2D eigenvalue weighted by atomic mass is 9.92. The van der Waals surface area contributed by atoms with Crippen LogP contribution < -0.4 is 15.8 Å². The number of piperazine rings is 1. The van der Waals surface area contributed by atoms with Gasteiger partial charge in [0.25, 0.3) is 0 Å². The van der Waals surface area contributed by atoms with Crippen molar-refractivity contribution in [2.24, 2.45) is 0 Å². The molecule has 2 N–H and O–H groups in total. The first-order chi connectivity index (χ1) is 12.5. The Labute approximate surface area is 153 Å². The first-order valence-electron chi connectivity index (χ1n) is 9.20. The summed E-state index contributed by atoms with van der Waals surface area (Å²) in [7, 11) is 1.99. The number of likely N-dealkylation sites (N-methyl/N-ethyl adjacent to an activating group) is 1. The van der Waals surface area contributed by atoms with Crippen molar-refractivity contribution in [3.63, 3.8) is 0 Å². The number of nitrogens with zero attached hydrogens (tertiary/aromatic N) is 4. The average molecular weight is 358 g/mol. The van der Waals surface area contributed by atoms with Crippen molar-refractivity contribution >= 4 is 17.5 Å². The monoisotopic (exact) mass is 358 g/mol. The number of carbonyl (C=O) groups excluding carboxylic acids is 2. The number of amides is 2. The van der Waals surface area contributed by atoms with Crippen molar-refractivity contribution in [3.8, 4) is 0 Å². The molecule has 1 spiro atoms. The van der Waals surface area contributed by atoms with Crippen molar-refractivity contribution in [1.82, 2.24) is 25.6 Å². The number of aromatic nitrogens is 1. The van der Waals surface area contributed by atoms with Gasteiger partial charge in [0.1, 0.15) is 6.04 Å². The Hall–Kier alpha value is -2.03. The second-order valence-corrected chi connectivity index (χ2v) is 7.76. The van der Waals surface area contributed by atoms with Crippen LogP contribution in [0.2, 0.25) is 0 Å². The largest absolute Gasteiger partial charge is 0.339 e. The van der Waals surface area contributed by atoms with E-state index in [0.29, 0.717) is 25.7 Å². The van der Waals surface area contributed by atoms with Gasteiger partial charge in [-0.15, -0.1) is 0 Å². The molecule has 4 rings (SSSR count). The fraction of sp³-hybridized carbons (Fsp3) is 0.611. The Kier molecular flexibility index (Phi) is 4.42. The van der Waals surface area contributed by atoms with E-state index in [4.69, 9.17) is 0 Å². The van der Waals surface area contributed by atoms with Gasteiger partial charge in [0, 0.05) is 31.9 Å². The van der Waals surface area contributed by atoms with E-state index in [0.717, 1.165) is 25.1 Å². The van der Waals surface area contributed by atoms with Crippen LogP contribution in [-0.2, 0) is 9.59 Å². The summed E-state index contributed by atoms with van der Waals surface area (Å²) >= 11 is 0. The Morgan fingerprint density at radius 3 is 2.88 bits per heavy atom. The summed E-state index contributed by atoms with van der Waals surface area (Å²) < 4.78 is 0. The second kappa shape index (κ2) is 6.61. The molecular weight excluding hydrogens is 332 g/mol. The van der Waals surface area contributed by atoms with Gasteiger partial charge in [-0.05, 0) is 38.9 Å². The lowest BCUT2D eigenvalue weighted by Gasteiger charge is -2.46. The zero-order valence-corrected chi connectivity index (χ0v) is 15.3. The number of hydrogen-bond acceptors (Lipinski definition) is 6. The Morgan fingerprint density at radius 1 is 1.35 bits per heavy atom. The third kappa shape index (κ3) is 2.98. The summed E-state index contributed by atoms with van der Waals surface area (Å²) in [6.07, 6.45) is 5.11. The summed E-state index contributed by atoms with van der Waals surface area (Å²) in [4.78, 5) is 35.5. The van der Waals surface area contributed by atoms with Crippen LogP contribution >= 0.6 is 0 Å². The van der Waals surface area contributed by atoms with Crippen LogP contribution in [0.15, 0.2) is 24.5 Å². The molecule has 3 fully saturated rings. The zero-order valence-electron chi connectivity index (χ0n) is 15.3. The first-order valence-corrected chi connectivity index (χ1v) is 9.20. The minimum atomic E-state index is -0.197. The zero-order chi connectivity index (χ0) is 18.3. The topological polar surface area (TPSA) is 80.8 Å². The average Bonchev–Trinajstić information content (AvgIpc) is 3.26. The van der Waals surface area contributed by atoms with Crippen LogP contribution in [0.3, 0.4) is 0 Å². The molecule has 3 unspecified atom stereocenters. The predicted octanol–water partition coefficient (Wildman–Crippen LogP) is -0.414. The summed E-state index contributed by atoms with van der Waals surface area (Å²) in [6, 6.07) is 3.90. The van der Waals surface area contributed by atoms with Crippen molar-refractivity contribution in [1.29, 1.82) is 0 Å². The minimum Gasteiger partial charge on any atom is -0.339 e. The highest BCUT2D eigenvalue weighted by molar-refractivity contribution is 5.96. The van der Waals surface area contributed by atoms with Gasteiger partial charge in [0.05, 0.1) is 24.0 Å². The highest BCUT2D eigenvalue weighted by Gasteiger charge is 2.49. The molecule has 3 aliphatic heterocycles. The molecule has 1 aromatic heterocycles. The maximum absolute atomic E-state index is 12.9. The lowest BCUT2D eigenvalue weighted by Crippen LogP contribution is -2.64. The van der Waals surface area contributed by atoms with Gasteiger partial charge in [0.15, 0.2) is 0 Å². The molecule has 3 saturated heterocycles. The van der Waals surface area contributed by atoms with Crippen molar-refractivity contribution in [2.75, 3.05) is 38.1 Å². The fourth-order valence-corrected chi connectivity index (χ4v) is 4.29. The molecule has 140 valence electrons. The van der Waals surface area contributed by atoms with E-state index in [2.05, 4.69) is 27.7 Å². The molecular formula is C18H26N6O2. The third-order valence-electron chi connectivity index (χ3n) is 5.93. The maximum atomic E-state index is 12.9. The molecule has 3 atom stereocenters. The molecule has 8 nitrogen and oxygen atoms in total. The molecule has 2 amide bonds. The van der Waals surface area contributed by atoms with E-state index in [9.17, 15) is 9.59 Å². The number of nitrogens with one attached hydrogen (secondary N) is 2. The Morgan fingerprint density at radius 2 is 2.19 bits per heavy atom. The molecule has 0 saturated carbocycles. The maximum Gasteiger partial charge on any atom is 0.241 e. The Bertz CT molecular complexity index is 698. The van der Waals surface area contributed by atoms with Crippen LogP contribution in [0.25, 0.3) is 0 Å². The number of rotatable bonds is 2. The van der Waals surface area contributed by atoms with E-state index in [1.165, 1.54) is 0 Å². The number of carbonyl (C=O) groups is 2. The summed E-state index contributed by atoms with van der Waals surface area (Å²) in [6.45, 7) is 4.39. The highest BCUT2D eigenvalue weighted by Crippen LogP contribution is 2.33. The van der Waals surface area contributed by atoms with Gasteiger partial charge < -0.3 is 9.80 Å². The van der Waals surface area contributed by atoms with Gasteiger partial charge in [-0.2, -0.15) is 0 Å². The van der Waals surface area contributed by atoms with Crippen molar-refractivity contribution in [3.05, 3.63) is 24.5 Å². The van der Waals surface area contributed by atoms with Crippen LogP contribution in [-0.4, -0.2) is 77.4 Å². The normalized spacial score (nSPS) is 32.6. The number of likely N-dealkylation sites (tertiary alicyclic amines) is 1. The second-order valence-electron chi connectivity index (χ2n) is 7.76. The lowest BCUT2D eigenvalue weighted by molar-refractivity contribution is -0.132.